The third-order valence-electron chi connectivity index (χ3n) is 2.62. The molecule has 2 N–H and O–H groups in total. The molecule has 0 bridgehead atoms. The number of methoxy groups -OCH3 is 1. The van der Waals surface area contributed by atoms with E-state index in [1.807, 2.05) is 24.3 Å². The first-order valence-electron chi connectivity index (χ1n) is 6.17. The Kier molecular flexibility index (Phi) is 5.22. The molecule has 0 heterocycles. The smallest absolute Gasteiger partial charge is 0.191 e. The highest BCUT2D eigenvalue weighted by Gasteiger charge is 1.98. The van der Waals surface area contributed by atoms with Crippen molar-refractivity contribution in [3.8, 4) is 5.75 Å². The molecule has 2 aromatic carbocycles. The molecule has 0 spiro atoms. The highest BCUT2D eigenvalue weighted by Crippen LogP contribution is 2.14. The molecule has 4 nitrogen and oxygen atoms in total. The maximum Gasteiger partial charge on any atom is 0.191 e. The largest absolute Gasteiger partial charge is 0.497 e. The van der Waals surface area contributed by atoms with E-state index in [0.717, 1.165) is 11.4 Å². The summed E-state index contributed by atoms with van der Waals surface area (Å²) in [6.45, 7) is 0. The molecule has 0 saturated heterocycles. The Morgan fingerprint density at radius 1 is 1.19 bits per heavy atom. The van der Waals surface area contributed by atoms with Crippen molar-refractivity contribution in [2.45, 2.75) is 0 Å². The molecule has 0 aromatic heterocycles. The fourth-order valence-electron chi connectivity index (χ4n) is 1.57. The summed E-state index contributed by atoms with van der Waals surface area (Å²) in [5, 5.41) is 7.15. The van der Waals surface area contributed by atoms with Crippen LogP contribution < -0.4 is 15.5 Å². The lowest BCUT2D eigenvalue weighted by Gasteiger charge is -2.07. The van der Waals surface area contributed by atoms with Crippen molar-refractivity contribution >= 4 is 29.2 Å². The van der Waals surface area contributed by atoms with Crippen LogP contribution in [-0.4, -0.2) is 18.4 Å². The van der Waals surface area contributed by atoms with E-state index in [1.165, 1.54) is 12.3 Å². The van der Waals surface area contributed by atoms with Crippen LogP contribution in [0.25, 0.3) is 0 Å². The molecule has 0 fully saturated rings. The predicted molar refractivity (Wildman–Crippen MR) is 86.3 cm³/mol. The quantitative estimate of drug-likeness (QED) is 0.517. The van der Waals surface area contributed by atoms with E-state index in [4.69, 9.17) is 17.0 Å². The summed E-state index contributed by atoms with van der Waals surface area (Å²) >= 11 is 5.08. The second-order valence-corrected chi connectivity index (χ2v) is 4.48. The van der Waals surface area contributed by atoms with Crippen molar-refractivity contribution in [3.63, 3.8) is 0 Å². The van der Waals surface area contributed by atoms with Crippen LogP contribution in [-0.2, 0) is 0 Å². The highest BCUT2D eigenvalue weighted by molar-refractivity contribution is 7.80. The van der Waals surface area contributed by atoms with Crippen molar-refractivity contribution in [2.24, 2.45) is 5.10 Å². The topological polar surface area (TPSA) is 45.6 Å². The Morgan fingerprint density at radius 2 is 1.90 bits per heavy atom. The molecular weight excluding hydrogens is 289 g/mol. The number of hydrogen-bond acceptors (Lipinski definition) is 3. The minimum atomic E-state index is -0.336. The molecule has 0 saturated carbocycles. The van der Waals surface area contributed by atoms with E-state index in [1.54, 1.807) is 25.3 Å². The van der Waals surface area contributed by atoms with Gasteiger partial charge in [-0.25, -0.2) is 4.39 Å². The maximum atomic E-state index is 13.4. The minimum absolute atomic E-state index is 0.313. The number of halogens is 1. The number of thiocarbonyl (C=S) groups is 1. The fraction of sp³-hybridized carbons (Fsp3) is 0.0667. The van der Waals surface area contributed by atoms with Gasteiger partial charge in [-0.3, -0.25) is 5.43 Å². The number of nitrogens with one attached hydrogen (secondary N) is 2. The van der Waals surface area contributed by atoms with Gasteiger partial charge >= 0.3 is 0 Å². The van der Waals surface area contributed by atoms with Crippen LogP contribution in [0.1, 0.15) is 5.56 Å². The first-order chi connectivity index (χ1) is 10.2. The molecule has 0 aliphatic rings. The second kappa shape index (κ2) is 7.35. The lowest BCUT2D eigenvalue weighted by Crippen LogP contribution is -2.23. The van der Waals surface area contributed by atoms with Crippen LogP contribution >= 0.6 is 12.2 Å². The second-order valence-electron chi connectivity index (χ2n) is 4.07. The number of benzene rings is 2. The summed E-state index contributed by atoms with van der Waals surface area (Å²) in [6, 6.07) is 13.6. The molecule has 0 unspecified atom stereocenters. The van der Waals surface area contributed by atoms with E-state index >= 15 is 0 Å². The number of ether oxygens (including phenoxy) is 1. The van der Waals surface area contributed by atoms with Gasteiger partial charge in [-0.1, -0.05) is 18.2 Å². The van der Waals surface area contributed by atoms with Gasteiger partial charge in [0.1, 0.15) is 11.6 Å². The normalized spacial score (nSPS) is 10.4. The number of hydrogen-bond donors (Lipinski definition) is 2. The number of hydrazone groups is 1. The molecule has 0 aliphatic heterocycles. The Hall–Kier alpha value is -2.47. The van der Waals surface area contributed by atoms with E-state index < -0.39 is 0 Å². The lowest BCUT2D eigenvalue weighted by atomic mass is 10.2. The number of anilines is 1. The summed E-state index contributed by atoms with van der Waals surface area (Å²) in [7, 11) is 1.60. The standard InChI is InChI=1S/C15H14FN3OS/c1-20-13-8-6-12(7-9-13)18-15(21)19-17-10-11-4-2-3-5-14(11)16/h2-10H,1H3,(H2,18,19,21)/b17-10-. The van der Waals surface area contributed by atoms with Crippen molar-refractivity contribution in [1.82, 2.24) is 5.43 Å². The molecule has 21 heavy (non-hydrogen) atoms. The summed E-state index contributed by atoms with van der Waals surface area (Å²) in [4.78, 5) is 0. The molecule has 0 aliphatic carbocycles. The first-order valence-corrected chi connectivity index (χ1v) is 6.58. The molecule has 0 radical (unpaired) electrons. The van der Waals surface area contributed by atoms with E-state index in [-0.39, 0.29) is 5.82 Å². The van der Waals surface area contributed by atoms with Crippen LogP contribution in [0.4, 0.5) is 10.1 Å². The average Bonchev–Trinajstić information content (AvgIpc) is 2.50. The van der Waals surface area contributed by atoms with Gasteiger partial charge in [-0.15, -0.1) is 0 Å². The molecule has 108 valence electrons. The van der Waals surface area contributed by atoms with Crippen molar-refractivity contribution in [3.05, 3.63) is 59.9 Å². The van der Waals surface area contributed by atoms with Gasteiger partial charge in [0.05, 0.1) is 13.3 Å². The molecule has 0 atom stereocenters. The highest BCUT2D eigenvalue weighted by atomic mass is 32.1. The zero-order valence-corrected chi connectivity index (χ0v) is 12.2. The van der Waals surface area contributed by atoms with Crippen LogP contribution in [0.2, 0.25) is 0 Å². The van der Waals surface area contributed by atoms with Crippen molar-refractivity contribution in [1.29, 1.82) is 0 Å². The molecule has 0 amide bonds. The van der Waals surface area contributed by atoms with E-state index in [0.29, 0.717) is 10.7 Å². The molecular formula is C15H14FN3OS. The predicted octanol–water partition coefficient (Wildman–Crippen LogP) is 3.15. The van der Waals surface area contributed by atoms with Crippen molar-refractivity contribution < 1.29 is 9.13 Å². The van der Waals surface area contributed by atoms with Crippen LogP contribution in [0, 0.1) is 5.82 Å². The van der Waals surface area contributed by atoms with Crippen LogP contribution in [0.3, 0.4) is 0 Å². The van der Waals surface area contributed by atoms with Crippen LogP contribution in [0.15, 0.2) is 53.6 Å². The molecule has 6 heteroatoms. The summed E-state index contributed by atoms with van der Waals surface area (Å²) in [5.41, 5.74) is 3.81. The lowest BCUT2D eigenvalue weighted by molar-refractivity contribution is 0.415. The summed E-state index contributed by atoms with van der Waals surface area (Å²) in [6.07, 6.45) is 1.37. The fourth-order valence-corrected chi connectivity index (χ4v) is 1.74. The molecule has 2 rings (SSSR count). The van der Waals surface area contributed by atoms with Crippen LogP contribution in [0.5, 0.6) is 5.75 Å². The van der Waals surface area contributed by atoms with Gasteiger partial charge in [-0.2, -0.15) is 5.10 Å². The first kappa shape index (κ1) is 14.9. The van der Waals surface area contributed by atoms with Gasteiger partial charge in [0.25, 0.3) is 0 Å². The third-order valence-corrected chi connectivity index (χ3v) is 2.82. The van der Waals surface area contributed by atoms with E-state index in [2.05, 4.69) is 15.8 Å². The Labute approximate surface area is 127 Å². The minimum Gasteiger partial charge on any atom is -0.497 e. The van der Waals surface area contributed by atoms with Crippen molar-refractivity contribution in [2.75, 3.05) is 12.4 Å². The van der Waals surface area contributed by atoms with Gasteiger partial charge in [-0.05, 0) is 42.5 Å². The Morgan fingerprint density at radius 3 is 2.57 bits per heavy atom. The average molecular weight is 303 g/mol. The Balaban J connectivity index is 1.88. The summed E-state index contributed by atoms with van der Waals surface area (Å²) in [5.74, 6) is 0.425. The number of nitrogens with zero attached hydrogens (tertiary/aromatic N) is 1. The monoisotopic (exact) mass is 303 g/mol. The maximum absolute atomic E-state index is 13.4. The van der Waals surface area contributed by atoms with Gasteiger partial charge in [0.2, 0.25) is 0 Å². The zero-order chi connectivity index (χ0) is 15.1. The summed E-state index contributed by atoms with van der Waals surface area (Å²) < 4.78 is 18.4. The van der Waals surface area contributed by atoms with Gasteiger partial charge in [0, 0.05) is 11.3 Å². The number of rotatable bonds is 4. The van der Waals surface area contributed by atoms with E-state index in [9.17, 15) is 4.39 Å². The Bertz CT molecular complexity index is 644. The third kappa shape index (κ3) is 4.54. The molecule has 2 aromatic rings. The van der Waals surface area contributed by atoms with Gasteiger partial charge in [0.15, 0.2) is 5.11 Å². The van der Waals surface area contributed by atoms with Gasteiger partial charge < -0.3 is 10.1 Å². The zero-order valence-electron chi connectivity index (χ0n) is 11.3. The SMILES string of the molecule is COc1ccc(NC(=S)N/N=C\c2ccccc2F)cc1.